The Labute approximate surface area is 143 Å². The lowest BCUT2D eigenvalue weighted by Gasteiger charge is -2.24. The zero-order chi connectivity index (χ0) is 17.4. The molecule has 1 aromatic rings. The number of hydrogen-bond donors (Lipinski definition) is 2. The quantitative estimate of drug-likeness (QED) is 0.678. The average Bonchev–Trinajstić information content (AvgIpc) is 3.03. The molecule has 1 saturated heterocycles. The zero-order valence-corrected chi connectivity index (χ0v) is 14.3. The molecular formula is C18H27N3O3. The van der Waals surface area contributed by atoms with Crippen LogP contribution < -0.4 is 5.32 Å². The molecule has 0 aliphatic carbocycles. The first-order valence-electron chi connectivity index (χ1n) is 8.74. The van der Waals surface area contributed by atoms with E-state index in [0.29, 0.717) is 12.5 Å². The van der Waals surface area contributed by atoms with Crippen molar-refractivity contribution < 1.29 is 14.7 Å². The number of aromatic nitrogens is 1. The number of pyridine rings is 1. The van der Waals surface area contributed by atoms with Crippen molar-refractivity contribution in [2.24, 2.45) is 0 Å². The molecule has 24 heavy (non-hydrogen) atoms. The normalized spacial score (nSPS) is 19.1. The molecule has 6 heteroatoms. The van der Waals surface area contributed by atoms with E-state index < -0.39 is 12.0 Å². The van der Waals surface area contributed by atoms with Crippen LogP contribution in [0.4, 0.5) is 0 Å². The van der Waals surface area contributed by atoms with Crippen LogP contribution in [0, 0.1) is 0 Å². The Kier molecular flexibility index (Phi) is 7.18. The number of nitrogens with one attached hydrogen (secondary N) is 1. The Morgan fingerprint density at radius 2 is 2.25 bits per heavy atom. The average molecular weight is 333 g/mol. The number of aliphatic carboxylic acids is 1. The highest BCUT2D eigenvalue weighted by Crippen LogP contribution is 2.31. The highest BCUT2D eigenvalue weighted by Gasteiger charge is 2.25. The summed E-state index contributed by atoms with van der Waals surface area (Å²) in [6.45, 7) is 3.63. The third kappa shape index (κ3) is 5.60. The van der Waals surface area contributed by atoms with E-state index in [-0.39, 0.29) is 5.91 Å². The van der Waals surface area contributed by atoms with Crippen molar-refractivity contribution in [3.05, 3.63) is 30.1 Å². The predicted octanol–water partition coefficient (Wildman–Crippen LogP) is 2.37. The van der Waals surface area contributed by atoms with Crippen LogP contribution >= 0.6 is 0 Å². The molecule has 2 atom stereocenters. The molecule has 1 amide bonds. The minimum Gasteiger partial charge on any atom is -0.480 e. The van der Waals surface area contributed by atoms with E-state index in [1.165, 1.54) is 25.3 Å². The van der Waals surface area contributed by atoms with Crippen molar-refractivity contribution in [1.82, 2.24) is 15.2 Å². The van der Waals surface area contributed by atoms with Crippen molar-refractivity contribution in [2.45, 2.75) is 57.5 Å². The third-order valence-electron chi connectivity index (χ3n) is 4.53. The summed E-state index contributed by atoms with van der Waals surface area (Å²) in [7, 11) is 0. The summed E-state index contributed by atoms with van der Waals surface area (Å²) < 4.78 is 0. The second-order valence-electron chi connectivity index (χ2n) is 6.42. The molecule has 1 aliphatic rings. The van der Waals surface area contributed by atoms with Crippen LogP contribution in [0.15, 0.2) is 24.5 Å². The Balaban J connectivity index is 1.63. The molecule has 2 heterocycles. The van der Waals surface area contributed by atoms with Gasteiger partial charge in [-0.1, -0.05) is 12.5 Å². The molecule has 132 valence electrons. The Morgan fingerprint density at radius 1 is 1.42 bits per heavy atom. The number of amides is 1. The number of unbranched alkanes of at least 4 members (excludes halogenated alkanes) is 2. The summed E-state index contributed by atoms with van der Waals surface area (Å²) in [6.07, 6.45) is 9.38. The van der Waals surface area contributed by atoms with Crippen LogP contribution in [0.3, 0.4) is 0 Å². The van der Waals surface area contributed by atoms with Crippen molar-refractivity contribution >= 4 is 11.9 Å². The fraction of sp³-hybridized carbons (Fsp3) is 0.611. The summed E-state index contributed by atoms with van der Waals surface area (Å²) >= 11 is 0. The minimum atomic E-state index is -1.00. The Bertz CT molecular complexity index is 536. The lowest BCUT2D eigenvalue weighted by Crippen LogP contribution is -2.38. The molecule has 0 aromatic carbocycles. The molecule has 0 bridgehead atoms. The number of carbonyl (C=O) groups excluding carboxylic acids is 1. The number of hydrogen-bond acceptors (Lipinski definition) is 4. The van der Waals surface area contributed by atoms with Gasteiger partial charge >= 0.3 is 5.97 Å². The Hall–Kier alpha value is -1.95. The van der Waals surface area contributed by atoms with Gasteiger partial charge < -0.3 is 10.4 Å². The number of carboxylic acids is 1. The van der Waals surface area contributed by atoms with Crippen LogP contribution in [0.1, 0.15) is 57.1 Å². The largest absolute Gasteiger partial charge is 0.480 e. The second kappa shape index (κ2) is 9.37. The van der Waals surface area contributed by atoms with Crippen LogP contribution in [-0.2, 0) is 9.59 Å². The number of carbonyl (C=O) groups is 2. The lowest BCUT2D eigenvalue weighted by molar-refractivity contribution is -0.141. The SMILES string of the molecule is C[C@H](NC(=O)CCCCCN1CCCC1c1cccnc1)C(=O)O. The van der Waals surface area contributed by atoms with Gasteiger partial charge in [0, 0.05) is 24.9 Å². The molecule has 2 N–H and O–H groups in total. The molecule has 6 nitrogen and oxygen atoms in total. The smallest absolute Gasteiger partial charge is 0.325 e. The van der Waals surface area contributed by atoms with E-state index >= 15 is 0 Å². The Morgan fingerprint density at radius 3 is 2.96 bits per heavy atom. The van der Waals surface area contributed by atoms with Crippen molar-refractivity contribution in [2.75, 3.05) is 13.1 Å². The summed E-state index contributed by atoms with van der Waals surface area (Å²) in [5.41, 5.74) is 1.29. The fourth-order valence-electron chi connectivity index (χ4n) is 3.20. The van der Waals surface area contributed by atoms with Gasteiger partial charge in [-0.2, -0.15) is 0 Å². The first kappa shape index (κ1) is 18.4. The number of carboxylic acid groups (broad SMARTS) is 1. The molecule has 1 unspecified atom stereocenters. The van der Waals surface area contributed by atoms with Gasteiger partial charge in [0.05, 0.1) is 0 Å². The third-order valence-corrected chi connectivity index (χ3v) is 4.53. The van der Waals surface area contributed by atoms with Gasteiger partial charge in [-0.25, -0.2) is 0 Å². The maximum absolute atomic E-state index is 11.6. The lowest BCUT2D eigenvalue weighted by atomic mass is 10.1. The van der Waals surface area contributed by atoms with Gasteiger partial charge in [0.15, 0.2) is 0 Å². The van der Waals surface area contributed by atoms with E-state index in [1.807, 2.05) is 12.3 Å². The highest BCUT2D eigenvalue weighted by atomic mass is 16.4. The molecule has 0 spiro atoms. The van der Waals surface area contributed by atoms with Gasteiger partial charge in [-0.3, -0.25) is 19.5 Å². The summed E-state index contributed by atoms with van der Waals surface area (Å²) in [5.74, 6) is -1.18. The number of nitrogens with zero attached hydrogens (tertiary/aromatic N) is 2. The van der Waals surface area contributed by atoms with Crippen LogP contribution in [0.5, 0.6) is 0 Å². The standard InChI is InChI=1S/C18H27N3O3/c1-14(18(23)24)20-17(22)9-3-2-4-11-21-12-6-8-16(21)15-7-5-10-19-13-15/h5,7,10,13-14,16H,2-4,6,8-9,11-12H2,1H3,(H,20,22)(H,23,24)/t14-,16?/m0/s1. The second-order valence-corrected chi connectivity index (χ2v) is 6.42. The summed E-state index contributed by atoms with van der Waals surface area (Å²) in [6, 6.07) is 3.78. The van der Waals surface area contributed by atoms with Crippen LogP contribution in [0.2, 0.25) is 0 Å². The maximum Gasteiger partial charge on any atom is 0.325 e. The van der Waals surface area contributed by atoms with E-state index in [9.17, 15) is 9.59 Å². The monoisotopic (exact) mass is 333 g/mol. The van der Waals surface area contributed by atoms with Crippen molar-refractivity contribution in [3.63, 3.8) is 0 Å². The zero-order valence-electron chi connectivity index (χ0n) is 14.3. The van der Waals surface area contributed by atoms with Gasteiger partial charge in [0.2, 0.25) is 5.91 Å². The van der Waals surface area contributed by atoms with Gasteiger partial charge in [-0.05, 0) is 57.3 Å². The first-order chi connectivity index (χ1) is 11.6. The maximum atomic E-state index is 11.6. The van der Waals surface area contributed by atoms with E-state index in [4.69, 9.17) is 5.11 Å². The molecule has 1 aliphatic heterocycles. The minimum absolute atomic E-state index is 0.181. The van der Waals surface area contributed by atoms with Gasteiger partial charge in [0.25, 0.3) is 0 Å². The molecular weight excluding hydrogens is 306 g/mol. The van der Waals surface area contributed by atoms with E-state index in [2.05, 4.69) is 21.3 Å². The van der Waals surface area contributed by atoms with Crippen LogP contribution in [-0.4, -0.2) is 46.0 Å². The number of rotatable bonds is 9. The predicted molar refractivity (Wildman–Crippen MR) is 91.5 cm³/mol. The number of likely N-dealkylation sites (tertiary alicyclic amines) is 1. The van der Waals surface area contributed by atoms with E-state index in [0.717, 1.165) is 32.4 Å². The first-order valence-corrected chi connectivity index (χ1v) is 8.74. The summed E-state index contributed by atoms with van der Waals surface area (Å²) in [4.78, 5) is 29.0. The van der Waals surface area contributed by atoms with Crippen LogP contribution in [0.25, 0.3) is 0 Å². The van der Waals surface area contributed by atoms with Crippen molar-refractivity contribution in [3.8, 4) is 0 Å². The molecule has 1 fully saturated rings. The molecule has 0 saturated carbocycles. The van der Waals surface area contributed by atoms with Gasteiger partial charge in [0.1, 0.15) is 6.04 Å². The molecule has 2 rings (SSSR count). The van der Waals surface area contributed by atoms with E-state index in [1.54, 1.807) is 6.20 Å². The van der Waals surface area contributed by atoms with Crippen molar-refractivity contribution in [1.29, 1.82) is 0 Å². The fourth-order valence-corrected chi connectivity index (χ4v) is 3.20. The van der Waals surface area contributed by atoms with Gasteiger partial charge in [-0.15, -0.1) is 0 Å². The summed E-state index contributed by atoms with van der Waals surface area (Å²) in [5, 5.41) is 11.2. The molecule has 0 radical (unpaired) electrons. The topological polar surface area (TPSA) is 82.5 Å². The molecule has 1 aromatic heterocycles. The highest BCUT2D eigenvalue weighted by molar-refractivity contribution is 5.83.